The monoisotopic (exact) mass is 352 g/mol. The maximum Gasteiger partial charge on any atom is 0.0841 e. The SMILES string of the molecule is c1ccc(CCN2CCC[C@@]3(C[C@H](OCc4ccncc4)CO3)C2)cc1. The van der Waals surface area contributed by atoms with E-state index in [4.69, 9.17) is 9.47 Å². The number of likely N-dealkylation sites (tertiary alicyclic amines) is 1. The van der Waals surface area contributed by atoms with Gasteiger partial charge in [0.05, 0.1) is 24.9 Å². The Morgan fingerprint density at radius 1 is 1.12 bits per heavy atom. The van der Waals surface area contributed by atoms with Gasteiger partial charge in [0.25, 0.3) is 0 Å². The summed E-state index contributed by atoms with van der Waals surface area (Å²) in [5, 5.41) is 0. The van der Waals surface area contributed by atoms with Gasteiger partial charge in [-0.25, -0.2) is 0 Å². The highest BCUT2D eigenvalue weighted by Crippen LogP contribution is 2.36. The smallest absolute Gasteiger partial charge is 0.0841 e. The lowest BCUT2D eigenvalue weighted by Crippen LogP contribution is -2.48. The summed E-state index contributed by atoms with van der Waals surface area (Å²) < 4.78 is 12.4. The highest BCUT2D eigenvalue weighted by Gasteiger charge is 2.43. The van der Waals surface area contributed by atoms with Gasteiger partial charge >= 0.3 is 0 Å². The van der Waals surface area contributed by atoms with Gasteiger partial charge in [0, 0.05) is 31.9 Å². The molecular weight excluding hydrogens is 324 g/mol. The minimum atomic E-state index is -0.00213. The predicted molar refractivity (Wildman–Crippen MR) is 102 cm³/mol. The van der Waals surface area contributed by atoms with Crippen molar-refractivity contribution in [1.29, 1.82) is 0 Å². The Morgan fingerprint density at radius 3 is 2.81 bits per heavy atom. The van der Waals surface area contributed by atoms with Crippen molar-refractivity contribution in [2.45, 2.75) is 44.0 Å². The molecule has 1 aromatic carbocycles. The topological polar surface area (TPSA) is 34.6 Å². The number of rotatable bonds is 6. The zero-order valence-electron chi connectivity index (χ0n) is 15.3. The molecule has 2 atom stereocenters. The first kappa shape index (κ1) is 17.7. The van der Waals surface area contributed by atoms with Crippen LogP contribution in [-0.4, -0.2) is 47.8 Å². The summed E-state index contributed by atoms with van der Waals surface area (Å²) in [4.78, 5) is 6.63. The second-order valence-electron chi connectivity index (χ2n) is 7.60. The molecule has 1 spiro atoms. The standard InChI is InChI=1S/C22H28N2O2/c1-2-5-19(6-3-1)9-14-24-13-4-10-22(18-24)15-21(17-26-22)25-16-20-7-11-23-12-8-20/h1-3,5-8,11-12,21H,4,9-10,13-18H2/t21-,22+/m0/s1. The number of nitrogens with zero attached hydrogens (tertiary/aromatic N) is 2. The molecule has 0 saturated carbocycles. The lowest BCUT2D eigenvalue weighted by molar-refractivity contribution is -0.0526. The molecule has 1 aromatic heterocycles. The molecule has 0 aliphatic carbocycles. The van der Waals surface area contributed by atoms with Crippen molar-refractivity contribution in [2.75, 3.05) is 26.2 Å². The summed E-state index contributed by atoms with van der Waals surface area (Å²) in [5.41, 5.74) is 2.59. The molecule has 0 radical (unpaired) electrons. The van der Waals surface area contributed by atoms with E-state index in [1.165, 1.54) is 24.1 Å². The van der Waals surface area contributed by atoms with E-state index in [-0.39, 0.29) is 11.7 Å². The van der Waals surface area contributed by atoms with Gasteiger partial charge in [-0.15, -0.1) is 0 Å². The second kappa shape index (κ2) is 8.30. The normalized spacial score (nSPS) is 26.4. The first-order valence-corrected chi connectivity index (χ1v) is 9.72. The Labute approximate surface area is 156 Å². The largest absolute Gasteiger partial charge is 0.371 e. The maximum atomic E-state index is 6.29. The van der Waals surface area contributed by atoms with Crippen LogP contribution in [-0.2, 0) is 22.5 Å². The van der Waals surface area contributed by atoms with Crippen molar-refractivity contribution in [2.24, 2.45) is 0 Å². The van der Waals surface area contributed by atoms with Crippen LogP contribution in [0.25, 0.3) is 0 Å². The average molecular weight is 352 g/mol. The summed E-state index contributed by atoms with van der Waals surface area (Å²) in [6.07, 6.45) is 8.33. The van der Waals surface area contributed by atoms with E-state index < -0.39 is 0 Å². The van der Waals surface area contributed by atoms with Gasteiger partial charge in [-0.1, -0.05) is 30.3 Å². The number of ether oxygens (including phenoxy) is 2. The highest BCUT2D eigenvalue weighted by atomic mass is 16.6. The van der Waals surface area contributed by atoms with Crippen molar-refractivity contribution in [3.8, 4) is 0 Å². The third-order valence-electron chi connectivity index (χ3n) is 5.59. The van der Waals surface area contributed by atoms with E-state index in [1.54, 1.807) is 0 Å². The van der Waals surface area contributed by atoms with Gasteiger partial charge in [-0.05, 0) is 49.1 Å². The van der Waals surface area contributed by atoms with Gasteiger partial charge in [0.1, 0.15) is 0 Å². The van der Waals surface area contributed by atoms with Crippen LogP contribution >= 0.6 is 0 Å². The Morgan fingerprint density at radius 2 is 1.96 bits per heavy atom. The number of hydrogen-bond acceptors (Lipinski definition) is 4. The molecule has 4 nitrogen and oxygen atoms in total. The van der Waals surface area contributed by atoms with Gasteiger partial charge in [0.15, 0.2) is 0 Å². The van der Waals surface area contributed by atoms with Crippen LogP contribution in [0.4, 0.5) is 0 Å². The Kier molecular flexibility index (Phi) is 5.63. The molecule has 26 heavy (non-hydrogen) atoms. The molecule has 0 N–H and O–H groups in total. The number of pyridine rings is 1. The van der Waals surface area contributed by atoms with Crippen molar-refractivity contribution in [3.05, 3.63) is 66.0 Å². The molecule has 2 aromatic rings. The minimum absolute atomic E-state index is 0.00213. The van der Waals surface area contributed by atoms with E-state index in [2.05, 4.69) is 40.2 Å². The fourth-order valence-electron chi connectivity index (χ4n) is 4.20. The van der Waals surface area contributed by atoms with Gasteiger partial charge in [-0.2, -0.15) is 0 Å². The lowest BCUT2D eigenvalue weighted by atomic mass is 9.89. The maximum absolute atomic E-state index is 6.29. The fourth-order valence-corrected chi connectivity index (χ4v) is 4.20. The molecule has 2 fully saturated rings. The molecule has 0 unspecified atom stereocenters. The zero-order valence-corrected chi connectivity index (χ0v) is 15.3. The molecule has 4 rings (SSSR count). The number of benzene rings is 1. The summed E-state index contributed by atoms with van der Waals surface area (Å²) in [6.45, 7) is 4.69. The molecule has 0 amide bonds. The van der Waals surface area contributed by atoms with Crippen LogP contribution in [0.1, 0.15) is 30.4 Å². The number of piperidine rings is 1. The molecule has 138 valence electrons. The van der Waals surface area contributed by atoms with Crippen molar-refractivity contribution < 1.29 is 9.47 Å². The fraction of sp³-hybridized carbons (Fsp3) is 0.500. The first-order valence-electron chi connectivity index (χ1n) is 9.72. The zero-order chi connectivity index (χ0) is 17.7. The summed E-state index contributed by atoms with van der Waals surface area (Å²) in [7, 11) is 0. The molecule has 2 aliphatic heterocycles. The molecule has 2 saturated heterocycles. The average Bonchev–Trinajstić information content (AvgIpc) is 3.08. The second-order valence-corrected chi connectivity index (χ2v) is 7.60. The Hall–Kier alpha value is -1.75. The van der Waals surface area contributed by atoms with E-state index >= 15 is 0 Å². The molecule has 3 heterocycles. The van der Waals surface area contributed by atoms with E-state index in [9.17, 15) is 0 Å². The van der Waals surface area contributed by atoms with Gasteiger partial charge in [-0.3, -0.25) is 4.98 Å². The van der Waals surface area contributed by atoms with Crippen LogP contribution in [0.15, 0.2) is 54.9 Å². The molecule has 0 bridgehead atoms. The Balaban J connectivity index is 1.27. The first-order chi connectivity index (χ1) is 12.8. The lowest BCUT2D eigenvalue weighted by Gasteiger charge is -2.39. The van der Waals surface area contributed by atoms with Gasteiger partial charge in [0.2, 0.25) is 0 Å². The minimum Gasteiger partial charge on any atom is -0.371 e. The van der Waals surface area contributed by atoms with E-state index in [0.29, 0.717) is 6.61 Å². The van der Waals surface area contributed by atoms with Crippen LogP contribution < -0.4 is 0 Å². The van der Waals surface area contributed by atoms with Crippen LogP contribution in [0.3, 0.4) is 0 Å². The number of aromatic nitrogens is 1. The van der Waals surface area contributed by atoms with Crippen LogP contribution in [0.2, 0.25) is 0 Å². The third kappa shape index (κ3) is 4.50. The third-order valence-corrected chi connectivity index (χ3v) is 5.59. The highest BCUT2D eigenvalue weighted by molar-refractivity contribution is 5.15. The van der Waals surface area contributed by atoms with E-state index in [1.807, 2.05) is 24.5 Å². The quantitative estimate of drug-likeness (QED) is 0.797. The van der Waals surface area contributed by atoms with Crippen LogP contribution in [0, 0.1) is 0 Å². The summed E-state index contributed by atoms with van der Waals surface area (Å²) >= 11 is 0. The Bertz CT molecular complexity index is 679. The molecular formula is C22H28N2O2. The summed E-state index contributed by atoms with van der Waals surface area (Å²) in [5.74, 6) is 0. The van der Waals surface area contributed by atoms with E-state index in [0.717, 1.165) is 39.0 Å². The number of hydrogen-bond donors (Lipinski definition) is 0. The summed E-state index contributed by atoms with van der Waals surface area (Å²) in [6, 6.07) is 14.8. The molecule has 4 heteroatoms. The van der Waals surface area contributed by atoms with Crippen molar-refractivity contribution >= 4 is 0 Å². The van der Waals surface area contributed by atoms with Crippen LogP contribution in [0.5, 0.6) is 0 Å². The van der Waals surface area contributed by atoms with Crippen molar-refractivity contribution in [3.63, 3.8) is 0 Å². The molecule has 2 aliphatic rings. The van der Waals surface area contributed by atoms with Gasteiger partial charge < -0.3 is 14.4 Å². The predicted octanol–water partition coefficient (Wildman–Crippen LogP) is 3.46. The van der Waals surface area contributed by atoms with Crippen molar-refractivity contribution in [1.82, 2.24) is 9.88 Å².